The van der Waals surface area contributed by atoms with Crippen molar-refractivity contribution < 1.29 is 19.1 Å². The van der Waals surface area contributed by atoms with Crippen LogP contribution >= 0.6 is 0 Å². The van der Waals surface area contributed by atoms with Gasteiger partial charge in [0, 0.05) is 18.2 Å². The number of ether oxygens (including phenoxy) is 1. The summed E-state index contributed by atoms with van der Waals surface area (Å²) in [4.78, 5) is 42.6. The Hall–Kier alpha value is -3.01. The Kier molecular flexibility index (Phi) is 14.7. The highest BCUT2D eigenvalue weighted by Crippen LogP contribution is 2.26. The van der Waals surface area contributed by atoms with Crippen LogP contribution in [0.5, 0.6) is 0 Å². The first-order valence-corrected chi connectivity index (χ1v) is 14.5. The minimum Gasteiger partial charge on any atom is -0.444 e. The Morgan fingerprint density at radius 3 is 2.13 bits per heavy atom. The van der Waals surface area contributed by atoms with Gasteiger partial charge >= 0.3 is 6.09 Å². The van der Waals surface area contributed by atoms with Crippen LogP contribution in [0.15, 0.2) is 24.3 Å². The standard InChI is InChI=1S/C32H51N3O4/c1-10-14-15-16-22-35(30(37)27(23(5)12-3)34-31(38)39-32(7,8)9)28(29(36)33-24(6)17-11-2)26-20-18-25(13-4)19-21-26/h4,18-21,23-24,27-28H,10-12,14-17,22H2,1-3,5-9H3,(H,33,36)(H,34,38). The van der Waals surface area contributed by atoms with Gasteiger partial charge in [-0.15, -0.1) is 6.42 Å². The van der Waals surface area contributed by atoms with Gasteiger partial charge in [-0.2, -0.15) is 0 Å². The molecule has 39 heavy (non-hydrogen) atoms. The summed E-state index contributed by atoms with van der Waals surface area (Å²) in [5.74, 6) is 1.90. The maximum absolute atomic E-state index is 14.3. The summed E-state index contributed by atoms with van der Waals surface area (Å²) in [6.07, 6.45) is 11.1. The van der Waals surface area contributed by atoms with E-state index in [0.29, 0.717) is 24.1 Å². The fourth-order valence-electron chi connectivity index (χ4n) is 4.43. The third kappa shape index (κ3) is 11.7. The zero-order valence-corrected chi connectivity index (χ0v) is 25.4. The van der Waals surface area contributed by atoms with Crippen molar-refractivity contribution in [3.8, 4) is 12.3 Å². The molecule has 0 aliphatic carbocycles. The highest BCUT2D eigenvalue weighted by atomic mass is 16.6. The minimum absolute atomic E-state index is 0.0442. The zero-order valence-electron chi connectivity index (χ0n) is 25.4. The van der Waals surface area contributed by atoms with E-state index in [1.54, 1.807) is 37.8 Å². The molecule has 1 rings (SSSR count). The fourth-order valence-corrected chi connectivity index (χ4v) is 4.43. The van der Waals surface area contributed by atoms with Gasteiger partial charge in [-0.25, -0.2) is 4.79 Å². The summed E-state index contributed by atoms with van der Waals surface area (Å²) < 4.78 is 5.48. The van der Waals surface area contributed by atoms with E-state index in [1.807, 2.05) is 32.9 Å². The number of terminal acetylenes is 1. The van der Waals surface area contributed by atoms with Gasteiger partial charge < -0.3 is 20.3 Å². The number of nitrogens with one attached hydrogen (secondary N) is 2. The smallest absolute Gasteiger partial charge is 0.408 e. The average molecular weight is 542 g/mol. The lowest BCUT2D eigenvalue weighted by Crippen LogP contribution is -2.55. The van der Waals surface area contributed by atoms with Crippen molar-refractivity contribution in [2.75, 3.05) is 6.54 Å². The molecule has 4 unspecified atom stereocenters. The second-order valence-electron chi connectivity index (χ2n) is 11.5. The third-order valence-corrected chi connectivity index (χ3v) is 6.75. The highest BCUT2D eigenvalue weighted by molar-refractivity contribution is 5.92. The number of rotatable bonds is 15. The van der Waals surface area contributed by atoms with Gasteiger partial charge in [-0.1, -0.05) is 77.9 Å². The molecule has 7 heteroatoms. The zero-order chi connectivity index (χ0) is 29.6. The maximum atomic E-state index is 14.3. The molecule has 0 spiro atoms. The van der Waals surface area contributed by atoms with Gasteiger partial charge in [0.1, 0.15) is 17.7 Å². The Morgan fingerprint density at radius 2 is 1.62 bits per heavy atom. The average Bonchev–Trinajstić information content (AvgIpc) is 2.87. The minimum atomic E-state index is -0.864. The van der Waals surface area contributed by atoms with E-state index in [2.05, 4.69) is 30.4 Å². The highest BCUT2D eigenvalue weighted by Gasteiger charge is 2.38. The molecule has 2 N–H and O–H groups in total. The van der Waals surface area contributed by atoms with E-state index in [-0.39, 0.29) is 23.8 Å². The van der Waals surface area contributed by atoms with Crippen molar-refractivity contribution in [1.29, 1.82) is 0 Å². The third-order valence-electron chi connectivity index (χ3n) is 6.75. The van der Waals surface area contributed by atoms with Crippen molar-refractivity contribution in [2.24, 2.45) is 5.92 Å². The van der Waals surface area contributed by atoms with Crippen molar-refractivity contribution >= 4 is 17.9 Å². The molecule has 0 radical (unpaired) electrons. The lowest BCUT2D eigenvalue weighted by atomic mass is 9.95. The number of amides is 3. The normalized spacial score (nSPS) is 14.3. The molecule has 0 fully saturated rings. The molecule has 0 saturated carbocycles. The largest absolute Gasteiger partial charge is 0.444 e. The Bertz CT molecular complexity index is 946. The van der Waals surface area contributed by atoms with Gasteiger partial charge in [0.05, 0.1) is 0 Å². The number of carbonyl (C=O) groups excluding carboxylic acids is 3. The Morgan fingerprint density at radius 1 is 0.974 bits per heavy atom. The van der Waals surface area contributed by atoms with E-state index in [1.165, 1.54) is 0 Å². The van der Waals surface area contributed by atoms with Gasteiger partial charge in [-0.3, -0.25) is 9.59 Å². The lowest BCUT2D eigenvalue weighted by molar-refractivity contribution is -0.143. The van der Waals surface area contributed by atoms with Crippen LogP contribution in [-0.4, -0.2) is 47.0 Å². The van der Waals surface area contributed by atoms with Crippen LogP contribution in [0.1, 0.15) is 118 Å². The van der Waals surface area contributed by atoms with Crippen molar-refractivity contribution in [1.82, 2.24) is 15.5 Å². The van der Waals surface area contributed by atoms with Crippen LogP contribution in [0.25, 0.3) is 0 Å². The van der Waals surface area contributed by atoms with Crippen LogP contribution in [-0.2, 0) is 14.3 Å². The molecule has 3 amide bonds. The summed E-state index contributed by atoms with van der Waals surface area (Å²) in [5.41, 5.74) is 0.671. The first kappa shape index (κ1) is 34.0. The topological polar surface area (TPSA) is 87.7 Å². The molecular formula is C32H51N3O4. The van der Waals surface area contributed by atoms with Crippen LogP contribution in [0.2, 0.25) is 0 Å². The first-order valence-electron chi connectivity index (χ1n) is 14.5. The number of hydrogen-bond acceptors (Lipinski definition) is 4. The second kappa shape index (κ2) is 16.8. The summed E-state index contributed by atoms with van der Waals surface area (Å²) in [7, 11) is 0. The SMILES string of the molecule is C#Cc1ccc(C(C(=O)NC(C)CCC)N(CCCCCC)C(=O)C(NC(=O)OC(C)(C)C)C(C)CC)cc1. The van der Waals surface area contributed by atoms with Gasteiger partial charge in [-0.05, 0) is 64.2 Å². The lowest BCUT2D eigenvalue weighted by Gasteiger charge is -2.36. The number of carbonyl (C=O) groups is 3. The Labute approximate surface area is 236 Å². The van der Waals surface area contributed by atoms with Crippen LogP contribution in [0.4, 0.5) is 4.79 Å². The predicted octanol–water partition coefficient (Wildman–Crippen LogP) is 6.36. The number of nitrogens with zero attached hydrogens (tertiary/aromatic N) is 1. The quantitative estimate of drug-likeness (QED) is 0.200. The van der Waals surface area contributed by atoms with Gasteiger partial charge in [0.15, 0.2) is 0 Å². The van der Waals surface area contributed by atoms with E-state index >= 15 is 0 Å². The van der Waals surface area contributed by atoms with Crippen LogP contribution < -0.4 is 10.6 Å². The van der Waals surface area contributed by atoms with Crippen molar-refractivity contribution in [3.63, 3.8) is 0 Å². The summed E-state index contributed by atoms with van der Waals surface area (Å²) in [6, 6.07) is 5.45. The molecule has 0 aliphatic rings. The Balaban J connectivity index is 3.55. The number of unbranched alkanes of at least 4 members (excludes halogenated alkanes) is 3. The molecule has 0 bridgehead atoms. The van der Waals surface area contributed by atoms with Crippen LogP contribution in [0, 0.1) is 18.3 Å². The maximum Gasteiger partial charge on any atom is 0.408 e. The summed E-state index contributed by atoms with van der Waals surface area (Å²) in [5, 5.41) is 5.93. The molecule has 1 aromatic rings. The summed E-state index contributed by atoms with van der Waals surface area (Å²) in [6.45, 7) is 15.8. The molecule has 1 aromatic carbocycles. The van der Waals surface area contributed by atoms with Gasteiger partial charge in [0.25, 0.3) is 0 Å². The van der Waals surface area contributed by atoms with Crippen LogP contribution in [0.3, 0.4) is 0 Å². The molecule has 218 valence electrons. The molecule has 0 heterocycles. The molecule has 4 atom stereocenters. The first-order chi connectivity index (χ1) is 18.4. The van der Waals surface area contributed by atoms with E-state index < -0.39 is 23.8 Å². The number of alkyl carbamates (subject to hydrolysis) is 1. The molecule has 7 nitrogen and oxygen atoms in total. The van der Waals surface area contributed by atoms with E-state index in [9.17, 15) is 14.4 Å². The number of benzene rings is 1. The van der Waals surface area contributed by atoms with Gasteiger partial charge in [0.2, 0.25) is 11.8 Å². The molecule has 0 aliphatic heterocycles. The number of hydrogen-bond donors (Lipinski definition) is 2. The van der Waals surface area contributed by atoms with Crippen molar-refractivity contribution in [2.45, 2.75) is 124 Å². The molecule has 0 aromatic heterocycles. The van der Waals surface area contributed by atoms with Crippen molar-refractivity contribution in [3.05, 3.63) is 35.4 Å². The van der Waals surface area contributed by atoms with E-state index in [4.69, 9.17) is 11.2 Å². The predicted molar refractivity (Wildman–Crippen MR) is 158 cm³/mol. The van der Waals surface area contributed by atoms with E-state index in [0.717, 1.165) is 38.5 Å². The molecular weight excluding hydrogens is 490 g/mol. The summed E-state index contributed by atoms with van der Waals surface area (Å²) >= 11 is 0. The second-order valence-corrected chi connectivity index (χ2v) is 11.5. The monoisotopic (exact) mass is 541 g/mol. The fraction of sp³-hybridized carbons (Fsp3) is 0.656. The molecule has 0 saturated heterocycles.